The van der Waals surface area contributed by atoms with E-state index >= 15 is 0 Å². The van der Waals surface area contributed by atoms with Gasteiger partial charge in [-0.05, 0) is 24.5 Å². The van der Waals surface area contributed by atoms with Crippen molar-refractivity contribution in [2.75, 3.05) is 7.11 Å². The number of esters is 1. The lowest BCUT2D eigenvalue weighted by molar-refractivity contribution is -0.140. The first-order chi connectivity index (χ1) is 8.63. The first kappa shape index (κ1) is 12.5. The molecule has 18 heavy (non-hydrogen) atoms. The van der Waals surface area contributed by atoms with Crippen molar-refractivity contribution in [1.29, 1.82) is 0 Å². The fourth-order valence-electron chi connectivity index (χ4n) is 2.30. The molecule has 0 amide bonds. The van der Waals surface area contributed by atoms with E-state index in [-0.39, 0.29) is 23.4 Å². The molecular formula is C14H16O4. The van der Waals surface area contributed by atoms with Gasteiger partial charge in [0.1, 0.15) is 0 Å². The minimum Gasteiger partial charge on any atom is -0.504 e. The lowest BCUT2D eigenvalue weighted by atomic mass is 9.84. The van der Waals surface area contributed by atoms with Crippen molar-refractivity contribution >= 4 is 5.97 Å². The normalized spacial score (nSPS) is 17.3. The molecule has 96 valence electrons. The number of phenolic OH excluding ortho intramolecular Hbond substituents is 2. The molecule has 0 fully saturated rings. The van der Waals surface area contributed by atoms with Crippen molar-refractivity contribution in [2.24, 2.45) is 0 Å². The minimum absolute atomic E-state index is 0.0556. The van der Waals surface area contributed by atoms with E-state index in [1.54, 1.807) is 6.07 Å². The average Bonchev–Trinajstić information content (AvgIpc) is 2.40. The van der Waals surface area contributed by atoms with Crippen molar-refractivity contribution in [2.45, 2.75) is 25.2 Å². The number of rotatable bonds is 3. The third-order valence-electron chi connectivity index (χ3n) is 3.25. The van der Waals surface area contributed by atoms with Gasteiger partial charge in [0.2, 0.25) is 0 Å². The molecule has 1 aromatic carbocycles. The average molecular weight is 248 g/mol. The molecule has 0 bridgehead atoms. The summed E-state index contributed by atoms with van der Waals surface area (Å²) in [7, 11) is 1.36. The Labute approximate surface area is 106 Å². The summed E-state index contributed by atoms with van der Waals surface area (Å²) in [6.07, 6.45) is 5.57. The van der Waals surface area contributed by atoms with Gasteiger partial charge in [-0.2, -0.15) is 0 Å². The van der Waals surface area contributed by atoms with Gasteiger partial charge in [0, 0.05) is 17.9 Å². The van der Waals surface area contributed by atoms with E-state index in [1.165, 1.54) is 13.2 Å². The summed E-state index contributed by atoms with van der Waals surface area (Å²) in [6, 6.07) is 3.30. The summed E-state index contributed by atoms with van der Waals surface area (Å²) in [5.74, 6) is -0.519. The molecule has 0 radical (unpaired) electrons. The highest BCUT2D eigenvalue weighted by molar-refractivity contribution is 5.69. The Morgan fingerprint density at radius 3 is 2.94 bits per heavy atom. The summed E-state index contributed by atoms with van der Waals surface area (Å²) in [5.41, 5.74) is 1.71. The molecule has 0 heterocycles. The molecule has 1 atom stereocenters. The zero-order valence-electron chi connectivity index (χ0n) is 10.2. The standard InChI is InChI=1S/C14H16O4/c1-18-12(16)8-6-10-4-2-3-9-5-7-11(15)14(17)13(9)10/h2,4-5,7,10,15,17H,3,6,8H2,1H3. The van der Waals surface area contributed by atoms with Gasteiger partial charge < -0.3 is 14.9 Å². The predicted octanol–water partition coefficient (Wildman–Crippen LogP) is 2.25. The van der Waals surface area contributed by atoms with Gasteiger partial charge in [-0.25, -0.2) is 0 Å². The van der Waals surface area contributed by atoms with Crippen molar-refractivity contribution in [3.05, 3.63) is 35.4 Å². The highest BCUT2D eigenvalue weighted by atomic mass is 16.5. The quantitative estimate of drug-likeness (QED) is 0.489. The number of carbonyl (C=O) groups excluding carboxylic acids is 1. The zero-order chi connectivity index (χ0) is 13.1. The van der Waals surface area contributed by atoms with Crippen LogP contribution in [0, 0.1) is 0 Å². The number of aromatic hydroxyl groups is 2. The van der Waals surface area contributed by atoms with Crippen LogP contribution in [0.25, 0.3) is 0 Å². The highest BCUT2D eigenvalue weighted by Gasteiger charge is 2.22. The molecule has 0 aliphatic heterocycles. The molecule has 1 unspecified atom stereocenters. The van der Waals surface area contributed by atoms with Crippen LogP contribution in [0.2, 0.25) is 0 Å². The number of ether oxygens (including phenoxy) is 1. The predicted molar refractivity (Wildman–Crippen MR) is 66.6 cm³/mol. The maximum Gasteiger partial charge on any atom is 0.305 e. The van der Waals surface area contributed by atoms with Gasteiger partial charge in [0.15, 0.2) is 11.5 Å². The van der Waals surface area contributed by atoms with Crippen molar-refractivity contribution < 1.29 is 19.7 Å². The van der Waals surface area contributed by atoms with E-state index < -0.39 is 0 Å². The molecule has 4 heteroatoms. The third kappa shape index (κ3) is 2.32. The summed E-state index contributed by atoms with van der Waals surface area (Å²) in [4.78, 5) is 11.2. The summed E-state index contributed by atoms with van der Waals surface area (Å²) < 4.78 is 4.61. The number of fused-ring (bicyclic) bond motifs is 1. The maximum absolute atomic E-state index is 11.2. The Kier molecular flexibility index (Phi) is 3.55. The summed E-state index contributed by atoms with van der Waals surface area (Å²) in [6.45, 7) is 0. The van der Waals surface area contributed by atoms with Crippen LogP contribution < -0.4 is 0 Å². The van der Waals surface area contributed by atoms with E-state index in [1.807, 2.05) is 12.2 Å². The van der Waals surface area contributed by atoms with Crippen LogP contribution in [0.5, 0.6) is 11.5 Å². The largest absolute Gasteiger partial charge is 0.504 e. The second-order valence-corrected chi connectivity index (χ2v) is 4.36. The molecule has 1 aliphatic carbocycles. The van der Waals surface area contributed by atoms with Crippen LogP contribution in [-0.2, 0) is 16.0 Å². The van der Waals surface area contributed by atoms with Crippen molar-refractivity contribution in [1.82, 2.24) is 0 Å². The number of allylic oxidation sites excluding steroid dienone is 2. The maximum atomic E-state index is 11.2. The molecule has 1 aromatic rings. The molecule has 0 saturated carbocycles. The van der Waals surface area contributed by atoms with E-state index in [0.717, 1.165) is 17.5 Å². The Morgan fingerprint density at radius 1 is 1.44 bits per heavy atom. The first-order valence-corrected chi connectivity index (χ1v) is 5.90. The molecule has 0 spiro atoms. The fraction of sp³-hybridized carbons (Fsp3) is 0.357. The SMILES string of the molecule is COC(=O)CCC1C=CCc2ccc(O)c(O)c21. The topological polar surface area (TPSA) is 66.8 Å². The molecular weight excluding hydrogens is 232 g/mol. The summed E-state index contributed by atoms with van der Waals surface area (Å²) in [5, 5.41) is 19.5. The van der Waals surface area contributed by atoms with E-state index in [4.69, 9.17) is 0 Å². The Morgan fingerprint density at radius 2 is 2.22 bits per heavy atom. The molecule has 2 rings (SSSR count). The number of methoxy groups -OCH3 is 1. The number of phenols is 2. The lowest BCUT2D eigenvalue weighted by Crippen LogP contribution is -2.08. The van der Waals surface area contributed by atoms with Crippen LogP contribution >= 0.6 is 0 Å². The van der Waals surface area contributed by atoms with Crippen LogP contribution in [0.15, 0.2) is 24.3 Å². The van der Waals surface area contributed by atoms with Gasteiger partial charge in [-0.3, -0.25) is 4.79 Å². The number of benzene rings is 1. The Hall–Kier alpha value is -1.97. The van der Waals surface area contributed by atoms with Gasteiger partial charge in [0.25, 0.3) is 0 Å². The van der Waals surface area contributed by atoms with E-state index in [2.05, 4.69) is 4.74 Å². The Balaban J connectivity index is 2.24. The third-order valence-corrected chi connectivity index (χ3v) is 3.25. The van der Waals surface area contributed by atoms with E-state index in [0.29, 0.717) is 12.8 Å². The van der Waals surface area contributed by atoms with Gasteiger partial charge >= 0.3 is 5.97 Å². The molecule has 2 N–H and O–H groups in total. The zero-order valence-corrected chi connectivity index (χ0v) is 10.2. The van der Waals surface area contributed by atoms with Crippen molar-refractivity contribution in [3.63, 3.8) is 0 Å². The van der Waals surface area contributed by atoms with Crippen LogP contribution in [0.1, 0.15) is 29.9 Å². The highest BCUT2D eigenvalue weighted by Crippen LogP contribution is 2.41. The molecule has 4 nitrogen and oxygen atoms in total. The molecule has 0 aromatic heterocycles. The van der Waals surface area contributed by atoms with Crippen LogP contribution in [0.4, 0.5) is 0 Å². The summed E-state index contributed by atoms with van der Waals surface area (Å²) >= 11 is 0. The Bertz CT molecular complexity index is 491. The minimum atomic E-state index is -0.268. The van der Waals surface area contributed by atoms with Gasteiger partial charge in [-0.1, -0.05) is 18.2 Å². The van der Waals surface area contributed by atoms with Gasteiger partial charge in [0.05, 0.1) is 7.11 Å². The van der Waals surface area contributed by atoms with Crippen LogP contribution in [-0.4, -0.2) is 23.3 Å². The van der Waals surface area contributed by atoms with Crippen LogP contribution in [0.3, 0.4) is 0 Å². The van der Waals surface area contributed by atoms with Gasteiger partial charge in [-0.15, -0.1) is 0 Å². The molecule has 1 aliphatic rings. The number of hydrogen-bond acceptors (Lipinski definition) is 4. The molecule has 0 saturated heterocycles. The smallest absolute Gasteiger partial charge is 0.305 e. The fourth-order valence-corrected chi connectivity index (χ4v) is 2.30. The van der Waals surface area contributed by atoms with Crippen molar-refractivity contribution in [3.8, 4) is 11.5 Å². The second kappa shape index (κ2) is 5.12. The number of carbonyl (C=O) groups is 1. The van der Waals surface area contributed by atoms with E-state index in [9.17, 15) is 15.0 Å². The number of hydrogen-bond donors (Lipinski definition) is 2. The first-order valence-electron chi connectivity index (χ1n) is 5.90. The lowest BCUT2D eigenvalue weighted by Gasteiger charge is -2.22. The second-order valence-electron chi connectivity index (χ2n) is 4.36. The monoisotopic (exact) mass is 248 g/mol.